The van der Waals surface area contributed by atoms with Crippen LogP contribution in [0, 0.1) is 5.92 Å². The highest BCUT2D eigenvalue weighted by Gasteiger charge is 2.24. The number of nitrogens with zero attached hydrogens (tertiary/aromatic N) is 3. The number of aromatic nitrogens is 1. The highest BCUT2D eigenvalue weighted by atomic mass is 16.5. The minimum absolute atomic E-state index is 0.186. The van der Waals surface area contributed by atoms with E-state index >= 15 is 0 Å². The average Bonchev–Trinajstić information content (AvgIpc) is 2.73. The summed E-state index contributed by atoms with van der Waals surface area (Å²) in [7, 11) is 3.63. The summed E-state index contributed by atoms with van der Waals surface area (Å²) in [5.41, 5.74) is 1.16. The van der Waals surface area contributed by atoms with Gasteiger partial charge in [0.1, 0.15) is 11.5 Å². The van der Waals surface area contributed by atoms with Gasteiger partial charge < -0.3 is 14.4 Å². The van der Waals surface area contributed by atoms with Crippen LogP contribution in [0.3, 0.4) is 0 Å². The van der Waals surface area contributed by atoms with E-state index in [4.69, 9.17) is 9.47 Å². The Morgan fingerprint density at radius 1 is 1.18 bits per heavy atom. The predicted octanol–water partition coefficient (Wildman–Crippen LogP) is 2.84. The number of piperidine rings is 1. The zero-order valence-corrected chi connectivity index (χ0v) is 16.7. The van der Waals surface area contributed by atoms with Gasteiger partial charge >= 0.3 is 0 Å². The minimum Gasteiger partial charge on any atom is -0.497 e. The molecule has 1 aliphatic heterocycles. The van der Waals surface area contributed by atoms with Gasteiger partial charge in [-0.05, 0) is 61.9 Å². The number of pyridine rings is 1. The van der Waals surface area contributed by atoms with Gasteiger partial charge in [0.05, 0.1) is 20.3 Å². The monoisotopic (exact) mass is 383 g/mol. The number of hydrogen-bond donors (Lipinski definition) is 0. The largest absolute Gasteiger partial charge is 0.497 e. The molecule has 0 bridgehead atoms. The van der Waals surface area contributed by atoms with Gasteiger partial charge in [-0.2, -0.15) is 0 Å². The molecule has 1 aliphatic rings. The van der Waals surface area contributed by atoms with Crippen LogP contribution in [0.5, 0.6) is 11.5 Å². The van der Waals surface area contributed by atoms with Gasteiger partial charge in [-0.25, -0.2) is 0 Å². The highest BCUT2D eigenvalue weighted by Crippen LogP contribution is 2.21. The second kappa shape index (κ2) is 10.1. The number of carbonyl (C=O) groups excluding carboxylic acids is 1. The van der Waals surface area contributed by atoms with Crippen LogP contribution in [0.4, 0.5) is 0 Å². The van der Waals surface area contributed by atoms with Gasteiger partial charge in [-0.15, -0.1) is 0 Å². The van der Waals surface area contributed by atoms with Crippen molar-refractivity contribution in [1.29, 1.82) is 0 Å². The van der Waals surface area contributed by atoms with Crippen molar-refractivity contribution in [2.75, 3.05) is 40.4 Å². The fourth-order valence-electron chi connectivity index (χ4n) is 3.50. The van der Waals surface area contributed by atoms with E-state index in [1.165, 1.54) is 0 Å². The Labute approximate surface area is 167 Å². The number of amides is 1. The van der Waals surface area contributed by atoms with E-state index < -0.39 is 0 Å². The summed E-state index contributed by atoms with van der Waals surface area (Å²) < 4.78 is 11.1. The predicted molar refractivity (Wildman–Crippen MR) is 108 cm³/mol. The normalized spacial score (nSPS) is 16.8. The smallest absolute Gasteiger partial charge is 0.236 e. The number of hydrogen-bond acceptors (Lipinski definition) is 5. The first-order valence-electron chi connectivity index (χ1n) is 9.76. The molecule has 1 aromatic carbocycles. The third-order valence-electron chi connectivity index (χ3n) is 5.02. The molecule has 2 aromatic rings. The Hall–Kier alpha value is -2.60. The van der Waals surface area contributed by atoms with Crippen molar-refractivity contribution in [3.8, 4) is 11.5 Å². The van der Waals surface area contributed by atoms with Crippen LogP contribution in [0.1, 0.15) is 18.4 Å². The van der Waals surface area contributed by atoms with Gasteiger partial charge in [0.15, 0.2) is 0 Å². The molecule has 3 rings (SSSR count). The summed E-state index contributed by atoms with van der Waals surface area (Å²) in [5.74, 6) is 2.20. The molecule has 1 aromatic heterocycles. The minimum atomic E-state index is 0.186. The summed E-state index contributed by atoms with van der Waals surface area (Å²) in [5, 5.41) is 0. The summed E-state index contributed by atoms with van der Waals surface area (Å²) in [4.78, 5) is 20.8. The Kier molecular flexibility index (Phi) is 7.25. The number of rotatable bonds is 8. The van der Waals surface area contributed by atoms with Gasteiger partial charge in [-0.1, -0.05) is 0 Å². The zero-order valence-electron chi connectivity index (χ0n) is 16.7. The standard InChI is InChI=1S/C22H29N3O3/c1-24(14-18-9-11-23-12-10-18)16-22(26)25-13-3-4-19(15-25)17-28-21-7-5-20(27-2)6-8-21/h5-12,19H,3-4,13-17H2,1-2H3/t19-/m0/s1. The zero-order chi connectivity index (χ0) is 19.8. The fraction of sp³-hybridized carbons (Fsp3) is 0.455. The van der Waals surface area contributed by atoms with Crippen molar-refractivity contribution in [2.24, 2.45) is 5.92 Å². The summed E-state index contributed by atoms with van der Waals surface area (Å²) >= 11 is 0. The third-order valence-corrected chi connectivity index (χ3v) is 5.02. The van der Waals surface area contributed by atoms with E-state index in [0.29, 0.717) is 19.1 Å². The third kappa shape index (κ3) is 5.96. The Morgan fingerprint density at radius 2 is 1.89 bits per heavy atom. The van der Waals surface area contributed by atoms with Gasteiger partial charge in [0.25, 0.3) is 0 Å². The maximum absolute atomic E-state index is 12.7. The first kappa shape index (κ1) is 20.1. The number of methoxy groups -OCH3 is 1. The van der Waals surface area contributed by atoms with Gasteiger partial charge in [-0.3, -0.25) is 14.7 Å². The highest BCUT2D eigenvalue weighted by molar-refractivity contribution is 5.78. The van der Waals surface area contributed by atoms with Gasteiger partial charge in [0, 0.05) is 37.9 Å². The molecule has 1 saturated heterocycles. The van der Waals surface area contributed by atoms with Crippen molar-refractivity contribution in [1.82, 2.24) is 14.8 Å². The second-order valence-electron chi connectivity index (χ2n) is 7.36. The molecule has 0 saturated carbocycles. The molecule has 1 atom stereocenters. The molecule has 0 aliphatic carbocycles. The molecule has 1 amide bonds. The summed E-state index contributed by atoms with van der Waals surface area (Å²) in [6.07, 6.45) is 5.68. The van der Waals surface area contributed by atoms with Crippen molar-refractivity contribution in [2.45, 2.75) is 19.4 Å². The van der Waals surface area contributed by atoms with E-state index in [-0.39, 0.29) is 5.91 Å². The van der Waals surface area contributed by atoms with Crippen LogP contribution in [-0.2, 0) is 11.3 Å². The molecule has 0 radical (unpaired) electrons. The molecule has 1 fully saturated rings. The maximum atomic E-state index is 12.7. The van der Waals surface area contributed by atoms with E-state index in [2.05, 4.69) is 9.88 Å². The van der Waals surface area contributed by atoms with Crippen LogP contribution in [0.15, 0.2) is 48.8 Å². The first-order chi connectivity index (χ1) is 13.6. The number of benzene rings is 1. The van der Waals surface area contributed by atoms with Crippen molar-refractivity contribution < 1.29 is 14.3 Å². The van der Waals surface area contributed by atoms with Crippen LogP contribution in [-0.4, -0.2) is 61.1 Å². The first-order valence-corrected chi connectivity index (χ1v) is 9.76. The molecular formula is C22H29N3O3. The van der Waals surface area contributed by atoms with Crippen LogP contribution >= 0.6 is 0 Å². The Morgan fingerprint density at radius 3 is 2.61 bits per heavy atom. The number of carbonyl (C=O) groups is 1. The lowest BCUT2D eigenvalue weighted by molar-refractivity contribution is -0.134. The van der Waals surface area contributed by atoms with Crippen LogP contribution < -0.4 is 9.47 Å². The van der Waals surface area contributed by atoms with E-state index in [0.717, 1.165) is 49.5 Å². The number of likely N-dealkylation sites (N-methyl/N-ethyl adjacent to an activating group) is 1. The van der Waals surface area contributed by atoms with Crippen LogP contribution in [0.2, 0.25) is 0 Å². The number of likely N-dealkylation sites (tertiary alicyclic amines) is 1. The average molecular weight is 383 g/mol. The van der Waals surface area contributed by atoms with E-state index in [1.807, 2.05) is 48.3 Å². The quantitative estimate of drug-likeness (QED) is 0.702. The topological polar surface area (TPSA) is 54.9 Å². The molecule has 0 spiro atoms. The SMILES string of the molecule is COc1ccc(OC[C@H]2CCCN(C(=O)CN(C)Cc3ccncc3)C2)cc1. The van der Waals surface area contributed by atoms with Gasteiger partial charge in [0.2, 0.25) is 5.91 Å². The molecule has 0 N–H and O–H groups in total. The summed E-state index contributed by atoms with van der Waals surface area (Å²) in [6.45, 7) is 3.39. The molecule has 6 heteroatoms. The van der Waals surface area contributed by atoms with Crippen LogP contribution in [0.25, 0.3) is 0 Å². The Balaban J connectivity index is 1.44. The lowest BCUT2D eigenvalue weighted by Crippen LogP contribution is -2.45. The lowest BCUT2D eigenvalue weighted by Gasteiger charge is -2.33. The van der Waals surface area contributed by atoms with E-state index in [1.54, 1.807) is 19.5 Å². The fourth-order valence-corrected chi connectivity index (χ4v) is 3.50. The lowest BCUT2D eigenvalue weighted by atomic mass is 9.99. The summed E-state index contributed by atoms with van der Waals surface area (Å²) in [6, 6.07) is 11.6. The van der Waals surface area contributed by atoms with Crippen molar-refractivity contribution >= 4 is 5.91 Å². The molecular weight excluding hydrogens is 354 g/mol. The Bertz CT molecular complexity index is 736. The maximum Gasteiger partial charge on any atom is 0.236 e. The number of ether oxygens (including phenoxy) is 2. The van der Waals surface area contributed by atoms with Crippen molar-refractivity contribution in [3.05, 3.63) is 54.4 Å². The molecule has 150 valence electrons. The molecule has 28 heavy (non-hydrogen) atoms. The molecule has 2 heterocycles. The molecule has 6 nitrogen and oxygen atoms in total. The molecule has 0 unspecified atom stereocenters. The van der Waals surface area contributed by atoms with Crippen molar-refractivity contribution in [3.63, 3.8) is 0 Å². The second-order valence-corrected chi connectivity index (χ2v) is 7.36. The van der Waals surface area contributed by atoms with E-state index in [9.17, 15) is 4.79 Å².